The quantitative estimate of drug-likeness (QED) is 0.651. The molecule has 1 aliphatic rings. The predicted molar refractivity (Wildman–Crippen MR) is 74.1 cm³/mol. The van der Waals surface area contributed by atoms with E-state index in [1.54, 1.807) is 6.92 Å². The van der Waals surface area contributed by atoms with Gasteiger partial charge in [-0.05, 0) is 19.8 Å². The summed E-state index contributed by atoms with van der Waals surface area (Å²) in [6.45, 7) is 1.91. The smallest absolute Gasteiger partial charge is 0.305 e. The predicted octanol–water partition coefficient (Wildman–Crippen LogP) is 1.05. The van der Waals surface area contributed by atoms with Crippen LogP contribution in [-0.4, -0.2) is 35.5 Å². The van der Waals surface area contributed by atoms with Crippen LogP contribution in [0.5, 0.6) is 0 Å². The van der Waals surface area contributed by atoms with Crippen LogP contribution in [0.3, 0.4) is 0 Å². The number of nitrogens with one attached hydrogen (secondary N) is 2. The largest absolute Gasteiger partial charge is 0.481 e. The second kappa shape index (κ2) is 8.55. The fourth-order valence-electron chi connectivity index (χ4n) is 2.44. The van der Waals surface area contributed by atoms with Gasteiger partial charge in [-0.15, -0.1) is 0 Å². The van der Waals surface area contributed by atoms with E-state index in [1.165, 1.54) is 6.42 Å². The molecule has 2 amide bonds. The first kappa shape index (κ1) is 16.5. The maximum atomic E-state index is 12.0. The Labute approximate surface area is 119 Å². The first-order valence-corrected chi connectivity index (χ1v) is 7.28. The molecule has 0 aromatic rings. The van der Waals surface area contributed by atoms with Crippen molar-refractivity contribution >= 4 is 17.8 Å². The lowest BCUT2D eigenvalue weighted by atomic mass is 9.88. The van der Waals surface area contributed by atoms with Gasteiger partial charge in [0.1, 0.15) is 0 Å². The molecule has 20 heavy (non-hydrogen) atoms. The number of carboxylic acid groups (broad SMARTS) is 1. The van der Waals surface area contributed by atoms with Gasteiger partial charge in [0.2, 0.25) is 11.8 Å². The number of carbonyl (C=O) groups excluding carboxylic acids is 2. The van der Waals surface area contributed by atoms with Gasteiger partial charge in [0.15, 0.2) is 0 Å². The second-order valence-electron chi connectivity index (χ2n) is 5.44. The van der Waals surface area contributed by atoms with Crippen LogP contribution < -0.4 is 10.6 Å². The monoisotopic (exact) mass is 284 g/mol. The Morgan fingerprint density at radius 2 is 1.85 bits per heavy atom. The minimum Gasteiger partial charge on any atom is -0.481 e. The van der Waals surface area contributed by atoms with E-state index in [2.05, 4.69) is 10.6 Å². The minimum atomic E-state index is -0.941. The summed E-state index contributed by atoms with van der Waals surface area (Å²) in [6, 6.07) is -0.228. The molecular weight excluding hydrogens is 260 g/mol. The molecule has 0 heterocycles. The first-order chi connectivity index (χ1) is 9.49. The van der Waals surface area contributed by atoms with Crippen molar-refractivity contribution in [3.8, 4) is 0 Å². The number of carbonyl (C=O) groups is 3. The van der Waals surface area contributed by atoms with Crippen LogP contribution in [0.25, 0.3) is 0 Å². The van der Waals surface area contributed by atoms with Crippen molar-refractivity contribution in [1.29, 1.82) is 0 Å². The zero-order valence-electron chi connectivity index (χ0n) is 12.0. The van der Waals surface area contributed by atoms with E-state index in [4.69, 9.17) is 5.11 Å². The fraction of sp³-hybridized carbons (Fsp3) is 0.786. The highest BCUT2D eigenvalue weighted by molar-refractivity contribution is 5.81. The van der Waals surface area contributed by atoms with Crippen LogP contribution in [0.4, 0.5) is 0 Å². The van der Waals surface area contributed by atoms with Crippen LogP contribution in [0.2, 0.25) is 0 Å². The summed E-state index contributed by atoms with van der Waals surface area (Å²) in [6.07, 6.45) is 5.36. The Bertz CT molecular complexity index is 351. The zero-order chi connectivity index (χ0) is 15.0. The van der Waals surface area contributed by atoms with E-state index >= 15 is 0 Å². The summed E-state index contributed by atoms with van der Waals surface area (Å²) in [5, 5.41) is 13.9. The molecule has 1 unspecified atom stereocenters. The topological polar surface area (TPSA) is 95.5 Å². The van der Waals surface area contributed by atoms with Gasteiger partial charge in [0.05, 0.1) is 6.42 Å². The third-order valence-electron chi connectivity index (χ3n) is 3.52. The van der Waals surface area contributed by atoms with Gasteiger partial charge in [-0.3, -0.25) is 14.4 Å². The summed E-state index contributed by atoms with van der Waals surface area (Å²) >= 11 is 0. The van der Waals surface area contributed by atoms with Crippen LogP contribution in [0.1, 0.15) is 51.9 Å². The van der Waals surface area contributed by atoms with Gasteiger partial charge < -0.3 is 15.7 Å². The molecule has 0 aliphatic heterocycles. The Morgan fingerprint density at radius 3 is 2.45 bits per heavy atom. The Balaban J connectivity index is 2.21. The summed E-state index contributed by atoms with van der Waals surface area (Å²) in [5.41, 5.74) is 0. The average molecular weight is 284 g/mol. The summed E-state index contributed by atoms with van der Waals surface area (Å²) in [7, 11) is 0. The first-order valence-electron chi connectivity index (χ1n) is 7.28. The van der Waals surface area contributed by atoms with Gasteiger partial charge >= 0.3 is 5.97 Å². The molecular formula is C14H24N2O4. The molecule has 1 atom stereocenters. The highest BCUT2D eigenvalue weighted by atomic mass is 16.4. The molecule has 6 nitrogen and oxygen atoms in total. The van der Waals surface area contributed by atoms with E-state index in [0.717, 1.165) is 25.7 Å². The molecule has 3 N–H and O–H groups in total. The lowest BCUT2D eigenvalue weighted by molar-refractivity contribution is -0.137. The lowest BCUT2D eigenvalue weighted by Gasteiger charge is -2.23. The molecule has 1 fully saturated rings. The highest BCUT2D eigenvalue weighted by Gasteiger charge is 2.22. The molecule has 0 spiro atoms. The SMILES string of the molecule is CC(CC(=O)NCCC(=O)O)NC(=O)C1CCCCC1. The second-order valence-corrected chi connectivity index (χ2v) is 5.44. The molecule has 114 valence electrons. The van der Waals surface area contributed by atoms with Crippen LogP contribution in [0, 0.1) is 5.92 Å². The van der Waals surface area contributed by atoms with Crippen LogP contribution >= 0.6 is 0 Å². The van der Waals surface area contributed by atoms with Crippen molar-refractivity contribution in [3.63, 3.8) is 0 Å². The standard InChI is InChI=1S/C14H24N2O4/c1-10(9-12(17)15-8-7-13(18)19)16-14(20)11-5-3-2-4-6-11/h10-11H,2-9H2,1H3,(H,15,17)(H,16,20)(H,18,19). The van der Waals surface area contributed by atoms with Gasteiger partial charge in [-0.2, -0.15) is 0 Å². The number of hydrogen-bond acceptors (Lipinski definition) is 3. The molecule has 0 bridgehead atoms. The highest BCUT2D eigenvalue weighted by Crippen LogP contribution is 2.23. The van der Waals surface area contributed by atoms with Crippen molar-refractivity contribution < 1.29 is 19.5 Å². The van der Waals surface area contributed by atoms with Gasteiger partial charge in [0, 0.05) is 24.9 Å². The van der Waals surface area contributed by atoms with Crippen molar-refractivity contribution in [3.05, 3.63) is 0 Å². The van der Waals surface area contributed by atoms with Crippen molar-refractivity contribution in [2.45, 2.75) is 57.9 Å². The normalized spacial score (nSPS) is 17.2. The number of rotatable bonds is 7. The Hall–Kier alpha value is -1.59. The van der Waals surface area contributed by atoms with E-state index < -0.39 is 5.97 Å². The molecule has 1 rings (SSSR count). The van der Waals surface area contributed by atoms with Crippen LogP contribution in [0.15, 0.2) is 0 Å². The van der Waals surface area contributed by atoms with Crippen LogP contribution in [-0.2, 0) is 14.4 Å². The molecule has 1 saturated carbocycles. The Kier molecular flexibility index (Phi) is 7.04. The van der Waals surface area contributed by atoms with Crippen molar-refractivity contribution in [1.82, 2.24) is 10.6 Å². The molecule has 0 saturated heterocycles. The Morgan fingerprint density at radius 1 is 1.20 bits per heavy atom. The minimum absolute atomic E-state index is 0.0375. The zero-order valence-corrected chi connectivity index (χ0v) is 12.0. The fourth-order valence-corrected chi connectivity index (χ4v) is 2.44. The van der Waals surface area contributed by atoms with E-state index in [-0.39, 0.29) is 43.2 Å². The molecule has 1 aliphatic carbocycles. The van der Waals surface area contributed by atoms with Crippen molar-refractivity contribution in [2.75, 3.05) is 6.54 Å². The number of hydrogen-bond donors (Lipinski definition) is 3. The van der Waals surface area contributed by atoms with Gasteiger partial charge in [0.25, 0.3) is 0 Å². The number of amides is 2. The molecule has 0 aromatic carbocycles. The maximum Gasteiger partial charge on any atom is 0.305 e. The van der Waals surface area contributed by atoms with Gasteiger partial charge in [-0.25, -0.2) is 0 Å². The van der Waals surface area contributed by atoms with Gasteiger partial charge in [-0.1, -0.05) is 19.3 Å². The molecule has 6 heteroatoms. The third kappa shape index (κ3) is 6.54. The number of aliphatic carboxylic acids is 1. The summed E-state index contributed by atoms with van der Waals surface area (Å²) < 4.78 is 0. The summed E-state index contributed by atoms with van der Waals surface area (Å²) in [5.74, 6) is -1.05. The number of carboxylic acids is 1. The maximum absolute atomic E-state index is 12.0. The van der Waals surface area contributed by atoms with Crippen molar-refractivity contribution in [2.24, 2.45) is 5.92 Å². The molecule has 0 radical (unpaired) electrons. The molecule has 0 aromatic heterocycles. The lowest BCUT2D eigenvalue weighted by Crippen LogP contribution is -2.41. The van der Waals surface area contributed by atoms with E-state index in [1.807, 2.05) is 0 Å². The third-order valence-corrected chi connectivity index (χ3v) is 3.52. The summed E-state index contributed by atoms with van der Waals surface area (Å²) in [4.78, 5) is 33.8. The van der Waals surface area contributed by atoms with E-state index in [0.29, 0.717) is 0 Å². The average Bonchev–Trinajstić information content (AvgIpc) is 2.38. The van der Waals surface area contributed by atoms with E-state index in [9.17, 15) is 14.4 Å².